The van der Waals surface area contributed by atoms with Crippen LogP contribution in [-0.4, -0.2) is 10.2 Å². The van der Waals surface area contributed by atoms with Crippen molar-refractivity contribution in [1.82, 2.24) is 0 Å². The number of aromatic hydroxyl groups is 2. The molecule has 4 heteroatoms. The zero-order valence-corrected chi connectivity index (χ0v) is 9.22. The summed E-state index contributed by atoms with van der Waals surface area (Å²) in [6, 6.07) is 9.88. The van der Waals surface area contributed by atoms with Crippen molar-refractivity contribution in [2.75, 3.05) is 11.5 Å². The van der Waals surface area contributed by atoms with Crippen LogP contribution in [0.4, 0.5) is 11.4 Å². The van der Waals surface area contributed by atoms with Gasteiger partial charge in [-0.05, 0) is 23.3 Å². The van der Waals surface area contributed by atoms with Gasteiger partial charge in [-0.25, -0.2) is 0 Å². The van der Waals surface area contributed by atoms with Crippen molar-refractivity contribution in [1.29, 1.82) is 0 Å². The molecule has 0 atom stereocenters. The molecule has 0 unspecified atom stereocenters. The molecule has 0 radical (unpaired) electrons. The molecule has 0 saturated carbocycles. The lowest BCUT2D eigenvalue weighted by atomic mass is 10.0. The van der Waals surface area contributed by atoms with Crippen molar-refractivity contribution in [3.8, 4) is 11.5 Å². The lowest BCUT2D eigenvalue weighted by Gasteiger charge is -2.08. The van der Waals surface area contributed by atoms with E-state index in [-0.39, 0.29) is 11.5 Å². The summed E-state index contributed by atoms with van der Waals surface area (Å²) < 4.78 is 0. The fourth-order valence-corrected chi connectivity index (χ4v) is 1.67. The molecule has 0 aromatic heterocycles. The van der Waals surface area contributed by atoms with Crippen LogP contribution in [0.15, 0.2) is 36.4 Å². The van der Waals surface area contributed by atoms with Gasteiger partial charge in [-0.1, -0.05) is 12.1 Å². The number of hydrogen-bond donors (Lipinski definition) is 4. The van der Waals surface area contributed by atoms with Crippen LogP contribution in [0.2, 0.25) is 0 Å². The van der Waals surface area contributed by atoms with Crippen LogP contribution in [0.25, 0.3) is 0 Å². The molecule has 88 valence electrons. The number of anilines is 2. The molecule has 17 heavy (non-hydrogen) atoms. The van der Waals surface area contributed by atoms with E-state index in [1.807, 2.05) is 0 Å². The third-order valence-electron chi connectivity index (χ3n) is 2.60. The zero-order chi connectivity index (χ0) is 12.4. The Morgan fingerprint density at radius 3 is 1.53 bits per heavy atom. The Morgan fingerprint density at radius 2 is 1.18 bits per heavy atom. The van der Waals surface area contributed by atoms with Crippen molar-refractivity contribution in [3.05, 3.63) is 47.5 Å². The summed E-state index contributed by atoms with van der Waals surface area (Å²) in [7, 11) is 0. The van der Waals surface area contributed by atoms with E-state index in [9.17, 15) is 10.2 Å². The Morgan fingerprint density at radius 1 is 0.765 bits per heavy atom. The summed E-state index contributed by atoms with van der Waals surface area (Å²) in [5, 5.41) is 19.4. The number of nitrogen functional groups attached to an aromatic ring is 2. The van der Waals surface area contributed by atoms with Crippen LogP contribution in [0, 0.1) is 0 Å². The van der Waals surface area contributed by atoms with E-state index in [2.05, 4.69) is 0 Å². The van der Waals surface area contributed by atoms with Crippen molar-refractivity contribution >= 4 is 11.4 Å². The lowest BCUT2D eigenvalue weighted by Crippen LogP contribution is -1.93. The average Bonchev–Trinajstić information content (AvgIpc) is 2.25. The van der Waals surface area contributed by atoms with Gasteiger partial charge in [0.25, 0.3) is 0 Å². The first-order valence-corrected chi connectivity index (χ1v) is 5.21. The summed E-state index contributed by atoms with van der Waals surface area (Å²) in [5.41, 5.74) is 13.5. The maximum atomic E-state index is 9.71. The standard InChI is InChI=1S/C13H14N2O2/c14-10-3-1-8(12(16)6-10)5-9-2-4-11(15)7-13(9)17/h1-4,6-7,16-17H,5,14-15H2. The summed E-state index contributed by atoms with van der Waals surface area (Å²) >= 11 is 0. The average molecular weight is 230 g/mol. The molecule has 2 rings (SSSR count). The molecular formula is C13H14N2O2. The van der Waals surface area contributed by atoms with Crippen molar-refractivity contribution in [2.45, 2.75) is 6.42 Å². The summed E-state index contributed by atoms with van der Waals surface area (Å²) in [6.07, 6.45) is 0.429. The molecule has 0 bridgehead atoms. The second-order valence-electron chi connectivity index (χ2n) is 3.95. The van der Waals surface area contributed by atoms with Gasteiger partial charge in [0, 0.05) is 29.9 Å². The highest BCUT2D eigenvalue weighted by molar-refractivity contribution is 5.52. The molecule has 0 saturated heterocycles. The van der Waals surface area contributed by atoms with Gasteiger partial charge in [-0.3, -0.25) is 0 Å². The first kappa shape index (κ1) is 11.1. The first-order valence-electron chi connectivity index (χ1n) is 5.21. The number of benzene rings is 2. The molecule has 0 amide bonds. The highest BCUT2D eigenvalue weighted by Crippen LogP contribution is 2.27. The van der Waals surface area contributed by atoms with Gasteiger partial charge in [-0.2, -0.15) is 0 Å². The molecular weight excluding hydrogens is 216 g/mol. The number of hydrogen-bond acceptors (Lipinski definition) is 4. The van der Waals surface area contributed by atoms with Crippen LogP contribution in [0.1, 0.15) is 11.1 Å². The van der Waals surface area contributed by atoms with E-state index < -0.39 is 0 Å². The fourth-order valence-electron chi connectivity index (χ4n) is 1.67. The maximum absolute atomic E-state index is 9.71. The highest BCUT2D eigenvalue weighted by atomic mass is 16.3. The monoisotopic (exact) mass is 230 g/mol. The van der Waals surface area contributed by atoms with Gasteiger partial charge in [0.2, 0.25) is 0 Å². The normalized spacial score (nSPS) is 10.4. The largest absolute Gasteiger partial charge is 0.508 e. The quantitative estimate of drug-likeness (QED) is 0.592. The van der Waals surface area contributed by atoms with E-state index in [0.717, 1.165) is 0 Å². The van der Waals surface area contributed by atoms with Gasteiger partial charge in [0.15, 0.2) is 0 Å². The van der Waals surface area contributed by atoms with Gasteiger partial charge in [-0.15, -0.1) is 0 Å². The third kappa shape index (κ3) is 2.42. The second-order valence-corrected chi connectivity index (χ2v) is 3.95. The minimum atomic E-state index is 0.126. The molecule has 0 spiro atoms. The maximum Gasteiger partial charge on any atom is 0.121 e. The smallest absolute Gasteiger partial charge is 0.121 e. The van der Waals surface area contributed by atoms with Crippen molar-refractivity contribution in [3.63, 3.8) is 0 Å². The van der Waals surface area contributed by atoms with Crippen LogP contribution in [0.3, 0.4) is 0 Å². The second kappa shape index (κ2) is 4.25. The van der Waals surface area contributed by atoms with Crippen LogP contribution >= 0.6 is 0 Å². The number of phenols is 2. The van der Waals surface area contributed by atoms with E-state index in [4.69, 9.17) is 11.5 Å². The predicted octanol–water partition coefficient (Wildman–Crippen LogP) is 1.85. The molecule has 0 aliphatic rings. The van der Waals surface area contributed by atoms with Gasteiger partial charge in [0.05, 0.1) is 0 Å². The molecule has 4 nitrogen and oxygen atoms in total. The molecule has 0 aliphatic carbocycles. The Labute approximate surface area is 99.1 Å². The van der Waals surface area contributed by atoms with Crippen LogP contribution in [0.5, 0.6) is 11.5 Å². The van der Waals surface area contributed by atoms with Gasteiger partial charge < -0.3 is 21.7 Å². The fraction of sp³-hybridized carbons (Fsp3) is 0.0769. The number of phenolic OH excluding ortho intramolecular Hbond substituents is 2. The molecule has 2 aromatic carbocycles. The molecule has 2 aromatic rings. The Kier molecular flexibility index (Phi) is 2.78. The Balaban J connectivity index is 2.31. The van der Waals surface area contributed by atoms with Crippen LogP contribution < -0.4 is 11.5 Å². The molecule has 0 fully saturated rings. The Bertz CT molecular complexity index is 504. The Hall–Kier alpha value is -2.36. The van der Waals surface area contributed by atoms with E-state index in [1.54, 1.807) is 24.3 Å². The first-order chi connectivity index (χ1) is 8.06. The number of rotatable bonds is 2. The van der Waals surface area contributed by atoms with Crippen LogP contribution in [-0.2, 0) is 6.42 Å². The zero-order valence-electron chi connectivity index (χ0n) is 9.22. The summed E-state index contributed by atoms with van der Waals surface area (Å²) in [6.45, 7) is 0. The van der Waals surface area contributed by atoms with Crippen molar-refractivity contribution < 1.29 is 10.2 Å². The SMILES string of the molecule is Nc1ccc(Cc2ccc(N)cc2O)c(O)c1. The van der Waals surface area contributed by atoms with E-state index >= 15 is 0 Å². The summed E-state index contributed by atoms with van der Waals surface area (Å²) in [5.74, 6) is 0.252. The van der Waals surface area contributed by atoms with Gasteiger partial charge in [0.1, 0.15) is 11.5 Å². The van der Waals surface area contributed by atoms with E-state index in [1.165, 1.54) is 12.1 Å². The molecule has 0 heterocycles. The molecule has 6 N–H and O–H groups in total. The minimum absolute atomic E-state index is 0.126. The minimum Gasteiger partial charge on any atom is -0.508 e. The van der Waals surface area contributed by atoms with Gasteiger partial charge >= 0.3 is 0 Å². The van der Waals surface area contributed by atoms with E-state index in [0.29, 0.717) is 28.9 Å². The highest BCUT2D eigenvalue weighted by Gasteiger charge is 2.06. The molecule has 0 aliphatic heterocycles. The van der Waals surface area contributed by atoms with Crippen molar-refractivity contribution in [2.24, 2.45) is 0 Å². The lowest BCUT2D eigenvalue weighted by molar-refractivity contribution is 0.463. The predicted molar refractivity (Wildman–Crippen MR) is 67.8 cm³/mol. The summed E-state index contributed by atoms with van der Waals surface area (Å²) in [4.78, 5) is 0. The topological polar surface area (TPSA) is 92.5 Å². The number of nitrogens with two attached hydrogens (primary N) is 2. The third-order valence-corrected chi connectivity index (χ3v) is 2.60.